The van der Waals surface area contributed by atoms with Gasteiger partial charge in [0.15, 0.2) is 5.52 Å². The number of benzene rings is 3. The lowest BCUT2D eigenvalue weighted by molar-refractivity contribution is -0.510. The number of imidazole rings is 1. The highest BCUT2D eigenvalue weighted by molar-refractivity contribution is 6.11. The van der Waals surface area contributed by atoms with Crippen molar-refractivity contribution in [3.8, 4) is 5.69 Å². The molecular weight excluding hydrogens is 409 g/mol. The van der Waals surface area contributed by atoms with Crippen molar-refractivity contribution in [3.05, 3.63) is 115 Å². The van der Waals surface area contributed by atoms with Gasteiger partial charge in [0.2, 0.25) is 0 Å². The normalized spacial score (nSPS) is 11.3. The number of pyridine rings is 1. The van der Waals surface area contributed by atoms with Gasteiger partial charge in [-0.3, -0.25) is 0 Å². The fraction of sp³-hybridized carbons (Fsp3) is 0.0385. The van der Waals surface area contributed by atoms with E-state index in [1.165, 1.54) is 33.9 Å². The van der Waals surface area contributed by atoms with Crippen LogP contribution in [0.3, 0.4) is 0 Å². The quantitative estimate of drug-likeness (QED) is 0.385. The van der Waals surface area contributed by atoms with E-state index in [1.807, 2.05) is 30.3 Å². The van der Waals surface area contributed by atoms with Gasteiger partial charge in [0.1, 0.15) is 23.2 Å². The molecule has 0 bridgehead atoms. The number of hydrogen-bond donors (Lipinski definition) is 0. The topological polar surface area (TPSA) is 14.0 Å². The van der Waals surface area contributed by atoms with E-state index < -0.39 is 0 Å². The molecule has 0 amide bonds. The number of hydrogen-bond acceptors (Lipinski definition) is 0. The number of halogens is 2. The van der Waals surface area contributed by atoms with Crippen molar-refractivity contribution >= 4 is 27.3 Å². The van der Waals surface area contributed by atoms with Gasteiger partial charge in [-0.25, -0.2) is 13.4 Å². The Balaban J connectivity index is 0.00000204. The van der Waals surface area contributed by atoms with Crippen LogP contribution < -0.4 is 16.8 Å². The van der Waals surface area contributed by atoms with E-state index in [1.54, 1.807) is 0 Å². The average molecular weight is 428 g/mol. The Morgan fingerprint density at radius 2 is 1.52 bits per heavy atom. The summed E-state index contributed by atoms with van der Waals surface area (Å²) < 4.78 is 20.1. The summed E-state index contributed by atoms with van der Waals surface area (Å²) in [6.45, 7) is 0.681. The fourth-order valence-corrected chi connectivity index (χ4v) is 4.34. The standard InChI is InChI=1S/C26H19FN3.ClH/c27-20-12-10-19(11-13-20)16-30-24-9-5-4-8-22(24)23-14-15-28-18-29(17-25(28)26(23)30)21-6-2-1-3-7-21;/h1-15,17-18H,16H2;1H/q+1;/p-1. The van der Waals surface area contributed by atoms with Gasteiger partial charge in [-0.05, 0) is 42.0 Å². The third kappa shape index (κ3) is 3.16. The third-order valence-electron chi connectivity index (χ3n) is 5.75. The monoisotopic (exact) mass is 427 g/mol. The summed E-state index contributed by atoms with van der Waals surface area (Å²) in [5.41, 5.74) is 5.68. The Bertz CT molecular complexity index is 1520. The second kappa shape index (κ2) is 7.56. The number of aromatic nitrogens is 3. The van der Waals surface area contributed by atoms with E-state index in [9.17, 15) is 4.39 Å². The van der Waals surface area contributed by atoms with Crippen LogP contribution in [-0.2, 0) is 6.54 Å². The SMILES string of the molecule is Fc1ccc(Cn2c3ccccc3c3cc[n+]4cn(-c5ccccc5)cc4c32)cc1.[Cl-]. The van der Waals surface area contributed by atoms with E-state index in [0.29, 0.717) is 6.54 Å². The van der Waals surface area contributed by atoms with Crippen molar-refractivity contribution in [2.75, 3.05) is 0 Å². The van der Waals surface area contributed by atoms with E-state index in [2.05, 4.69) is 74.7 Å². The molecule has 0 unspecified atom stereocenters. The molecule has 3 nitrogen and oxygen atoms in total. The zero-order valence-electron chi connectivity index (χ0n) is 16.6. The predicted molar refractivity (Wildman–Crippen MR) is 117 cm³/mol. The molecule has 3 aromatic heterocycles. The highest BCUT2D eigenvalue weighted by Gasteiger charge is 2.19. The Kier molecular flexibility index (Phi) is 4.72. The molecule has 31 heavy (non-hydrogen) atoms. The van der Waals surface area contributed by atoms with E-state index >= 15 is 0 Å². The summed E-state index contributed by atoms with van der Waals surface area (Å²) in [4.78, 5) is 0. The maximum absolute atomic E-state index is 13.4. The Morgan fingerprint density at radius 1 is 0.774 bits per heavy atom. The van der Waals surface area contributed by atoms with Crippen LogP contribution in [0, 0.1) is 5.82 Å². The van der Waals surface area contributed by atoms with Crippen molar-refractivity contribution in [3.63, 3.8) is 0 Å². The molecule has 0 aliphatic heterocycles. The molecule has 152 valence electrons. The first-order valence-corrected chi connectivity index (χ1v) is 10.0. The van der Waals surface area contributed by atoms with E-state index in [-0.39, 0.29) is 18.2 Å². The van der Waals surface area contributed by atoms with Gasteiger partial charge in [0.25, 0.3) is 6.33 Å². The van der Waals surface area contributed by atoms with Gasteiger partial charge >= 0.3 is 0 Å². The summed E-state index contributed by atoms with van der Waals surface area (Å²) in [5.74, 6) is -0.209. The summed E-state index contributed by atoms with van der Waals surface area (Å²) in [7, 11) is 0. The Labute approximate surface area is 185 Å². The molecule has 0 spiro atoms. The molecule has 0 atom stereocenters. The lowest BCUT2D eigenvalue weighted by atomic mass is 10.2. The number of para-hydroxylation sites is 2. The molecule has 0 N–H and O–H groups in total. The minimum absolute atomic E-state index is 0. The van der Waals surface area contributed by atoms with Gasteiger partial charge < -0.3 is 17.0 Å². The predicted octanol–water partition coefficient (Wildman–Crippen LogP) is 2.52. The lowest BCUT2D eigenvalue weighted by Crippen LogP contribution is -3.00. The van der Waals surface area contributed by atoms with Crippen LogP contribution in [0.1, 0.15) is 5.56 Å². The molecule has 6 rings (SSSR count). The summed E-state index contributed by atoms with van der Waals surface area (Å²) in [6, 6.07) is 27.8. The van der Waals surface area contributed by atoms with Crippen LogP contribution in [0.2, 0.25) is 0 Å². The first kappa shape index (κ1) is 19.3. The molecule has 0 aliphatic carbocycles. The Hall–Kier alpha value is -3.63. The van der Waals surface area contributed by atoms with Crippen molar-refractivity contribution in [1.82, 2.24) is 9.13 Å². The van der Waals surface area contributed by atoms with E-state index in [4.69, 9.17) is 0 Å². The molecular formula is C26H19ClFN3. The molecule has 5 heteroatoms. The van der Waals surface area contributed by atoms with Gasteiger partial charge in [-0.2, -0.15) is 0 Å². The van der Waals surface area contributed by atoms with E-state index in [0.717, 1.165) is 16.8 Å². The Morgan fingerprint density at radius 3 is 2.32 bits per heavy atom. The summed E-state index contributed by atoms with van der Waals surface area (Å²) in [6.07, 6.45) is 6.40. The third-order valence-corrected chi connectivity index (χ3v) is 5.75. The van der Waals surface area contributed by atoms with Gasteiger partial charge in [-0.15, -0.1) is 0 Å². The minimum atomic E-state index is -0.209. The van der Waals surface area contributed by atoms with Crippen LogP contribution in [-0.4, -0.2) is 9.13 Å². The second-order valence-electron chi connectivity index (χ2n) is 7.59. The van der Waals surface area contributed by atoms with Crippen molar-refractivity contribution in [1.29, 1.82) is 0 Å². The highest BCUT2D eigenvalue weighted by Crippen LogP contribution is 2.31. The number of rotatable bonds is 3. The maximum atomic E-state index is 13.4. The zero-order chi connectivity index (χ0) is 20.1. The first-order chi connectivity index (χ1) is 14.8. The molecule has 3 aromatic carbocycles. The molecule has 0 saturated carbocycles. The van der Waals surface area contributed by atoms with Crippen molar-refractivity contribution in [2.24, 2.45) is 0 Å². The number of fused-ring (bicyclic) bond motifs is 5. The van der Waals surface area contributed by atoms with Gasteiger partial charge in [0.05, 0.1) is 6.20 Å². The lowest BCUT2D eigenvalue weighted by Gasteiger charge is -2.07. The highest BCUT2D eigenvalue weighted by atomic mass is 35.5. The minimum Gasteiger partial charge on any atom is -1.00 e. The molecule has 6 aromatic rings. The zero-order valence-corrected chi connectivity index (χ0v) is 17.4. The van der Waals surface area contributed by atoms with Crippen LogP contribution in [0.4, 0.5) is 4.39 Å². The summed E-state index contributed by atoms with van der Waals surface area (Å²) in [5, 5.41) is 2.45. The molecule has 0 radical (unpaired) electrons. The molecule has 0 aliphatic rings. The van der Waals surface area contributed by atoms with Crippen LogP contribution in [0.25, 0.3) is 33.0 Å². The van der Waals surface area contributed by atoms with Gasteiger partial charge in [0, 0.05) is 22.8 Å². The van der Waals surface area contributed by atoms with Crippen LogP contribution >= 0.6 is 0 Å². The molecule has 0 saturated heterocycles. The van der Waals surface area contributed by atoms with Gasteiger partial charge in [-0.1, -0.05) is 48.5 Å². The summed E-state index contributed by atoms with van der Waals surface area (Å²) >= 11 is 0. The molecule has 3 heterocycles. The second-order valence-corrected chi connectivity index (χ2v) is 7.59. The average Bonchev–Trinajstić information content (AvgIpc) is 3.36. The van der Waals surface area contributed by atoms with Crippen molar-refractivity contribution in [2.45, 2.75) is 6.54 Å². The maximum Gasteiger partial charge on any atom is 0.254 e. The molecule has 0 fully saturated rings. The fourth-order valence-electron chi connectivity index (χ4n) is 4.34. The number of nitrogens with zero attached hydrogens (tertiary/aromatic N) is 3. The smallest absolute Gasteiger partial charge is 0.254 e. The van der Waals surface area contributed by atoms with Crippen LogP contribution in [0.15, 0.2) is 104 Å². The van der Waals surface area contributed by atoms with Crippen molar-refractivity contribution < 1.29 is 21.2 Å². The first-order valence-electron chi connectivity index (χ1n) is 10.0. The van der Waals surface area contributed by atoms with Crippen LogP contribution in [0.5, 0.6) is 0 Å². The largest absolute Gasteiger partial charge is 1.00 e.